The molecule has 4 heteroatoms. The lowest BCUT2D eigenvalue weighted by Crippen LogP contribution is -2.42. The van der Waals surface area contributed by atoms with Crippen molar-refractivity contribution in [3.8, 4) is 0 Å². The molecule has 0 radical (unpaired) electrons. The molecule has 2 nitrogen and oxygen atoms in total. The van der Waals surface area contributed by atoms with E-state index in [2.05, 4.69) is 10.6 Å². The van der Waals surface area contributed by atoms with Crippen LogP contribution < -0.4 is 10.6 Å². The second-order valence-electron chi connectivity index (χ2n) is 4.16. The normalized spacial score (nSPS) is 21.0. The number of nitrogens with one attached hydrogen (secondary N) is 2. The van der Waals surface area contributed by atoms with Crippen molar-refractivity contribution in [3.63, 3.8) is 0 Å². The SMILES string of the molecule is Fc1ccc(F)c(CNC2CCCNC2)c1. The fourth-order valence-electron chi connectivity index (χ4n) is 1.96. The molecule has 1 fully saturated rings. The largest absolute Gasteiger partial charge is 0.315 e. The molecule has 88 valence electrons. The highest BCUT2D eigenvalue weighted by Gasteiger charge is 2.12. The van der Waals surface area contributed by atoms with Crippen LogP contribution in [0.5, 0.6) is 0 Å². The summed E-state index contributed by atoms with van der Waals surface area (Å²) in [5.74, 6) is -0.738. The summed E-state index contributed by atoms with van der Waals surface area (Å²) in [6.07, 6.45) is 2.22. The summed E-state index contributed by atoms with van der Waals surface area (Å²) in [4.78, 5) is 0. The predicted molar refractivity (Wildman–Crippen MR) is 59.1 cm³/mol. The number of piperidine rings is 1. The summed E-state index contributed by atoms with van der Waals surface area (Å²) in [6.45, 7) is 2.33. The molecule has 0 aromatic heterocycles. The van der Waals surface area contributed by atoms with Crippen LogP contribution in [-0.4, -0.2) is 19.1 Å². The Bertz CT molecular complexity index is 349. The van der Waals surface area contributed by atoms with E-state index < -0.39 is 0 Å². The molecule has 1 aliphatic heterocycles. The highest BCUT2D eigenvalue weighted by Crippen LogP contribution is 2.10. The molecule has 16 heavy (non-hydrogen) atoms. The molecule has 1 unspecified atom stereocenters. The lowest BCUT2D eigenvalue weighted by Gasteiger charge is -2.24. The topological polar surface area (TPSA) is 24.1 Å². The van der Waals surface area contributed by atoms with Crippen LogP contribution in [0.2, 0.25) is 0 Å². The van der Waals surface area contributed by atoms with E-state index >= 15 is 0 Å². The van der Waals surface area contributed by atoms with Crippen molar-refractivity contribution in [2.45, 2.75) is 25.4 Å². The minimum absolute atomic E-state index is 0.349. The summed E-state index contributed by atoms with van der Waals surface area (Å²) in [7, 11) is 0. The van der Waals surface area contributed by atoms with Crippen LogP contribution in [0.4, 0.5) is 8.78 Å². The standard InChI is InChI=1S/C12H16F2N2/c13-10-3-4-12(14)9(6-10)7-16-11-2-1-5-15-8-11/h3-4,6,11,15-16H,1-2,5,7-8H2. The predicted octanol–water partition coefficient (Wildman–Crippen LogP) is 1.81. The number of hydrogen-bond donors (Lipinski definition) is 2. The molecule has 1 saturated heterocycles. The first-order chi connectivity index (χ1) is 7.75. The first-order valence-corrected chi connectivity index (χ1v) is 5.64. The van der Waals surface area contributed by atoms with E-state index in [0.29, 0.717) is 18.2 Å². The third-order valence-electron chi connectivity index (χ3n) is 2.89. The van der Waals surface area contributed by atoms with Gasteiger partial charge < -0.3 is 10.6 Å². The Hall–Kier alpha value is -1.00. The van der Waals surface area contributed by atoms with Crippen molar-refractivity contribution in [1.82, 2.24) is 10.6 Å². The smallest absolute Gasteiger partial charge is 0.127 e. The molecule has 0 amide bonds. The molecular weight excluding hydrogens is 210 g/mol. The molecule has 0 aliphatic carbocycles. The van der Waals surface area contributed by atoms with Gasteiger partial charge in [0.15, 0.2) is 0 Å². The highest BCUT2D eigenvalue weighted by atomic mass is 19.1. The molecule has 1 heterocycles. The molecule has 2 N–H and O–H groups in total. The molecule has 1 aromatic carbocycles. The van der Waals surface area contributed by atoms with Crippen LogP contribution in [0, 0.1) is 11.6 Å². The molecule has 1 atom stereocenters. The molecule has 0 saturated carbocycles. The van der Waals surface area contributed by atoms with Gasteiger partial charge in [-0.3, -0.25) is 0 Å². The van der Waals surface area contributed by atoms with Crippen LogP contribution in [0.3, 0.4) is 0 Å². The Morgan fingerprint density at radius 2 is 2.25 bits per heavy atom. The average Bonchev–Trinajstić information content (AvgIpc) is 2.32. The van der Waals surface area contributed by atoms with Crippen molar-refractivity contribution in [1.29, 1.82) is 0 Å². The van der Waals surface area contributed by atoms with Crippen molar-refractivity contribution in [2.24, 2.45) is 0 Å². The Labute approximate surface area is 94.0 Å². The first kappa shape index (κ1) is 11.5. The van der Waals surface area contributed by atoms with Gasteiger partial charge in [-0.15, -0.1) is 0 Å². The summed E-state index contributed by atoms with van der Waals surface area (Å²) < 4.78 is 26.2. The van der Waals surface area contributed by atoms with Gasteiger partial charge in [0.05, 0.1) is 0 Å². The number of rotatable bonds is 3. The zero-order chi connectivity index (χ0) is 11.4. The fraction of sp³-hybridized carbons (Fsp3) is 0.500. The van der Waals surface area contributed by atoms with Gasteiger partial charge in [-0.25, -0.2) is 8.78 Å². The summed E-state index contributed by atoms with van der Waals surface area (Å²) in [5, 5.41) is 6.50. The van der Waals surface area contributed by atoms with E-state index in [1.54, 1.807) is 0 Å². The molecule has 1 aliphatic rings. The summed E-state index contributed by atoms with van der Waals surface area (Å²) >= 11 is 0. The van der Waals surface area contributed by atoms with Crippen LogP contribution in [0.1, 0.15) is 18.4 Å². The second-order valence-corrected chi connectivity index (χ2v) is 4.16. The van der Waals surface area contributed by atoms with E-state index in [0.717, 1.165) is 32.0 Å². The molecular formula is C12H16F2N2. The van der Waals surface area contributed by atoms with Crippen LogP contribution in [0.25, 0.3) is 0 Å². The Balaban J connectivity index is 1.90. The number of halogens is 2. The van der Waals surface area contributed by atoms with Gasteiger partial charge >= 0.3 is 0 Å². The minimum Gasteiger partial charge on any atom is -0.315 e. The van der Waals surface area contributed by atoms with E-state index in [1.807, 2.05) is 0 Å². The number of benzene rings is 1. The Kier molecular flexibility index (Phi) is 3.85. The molecule has 0 bridgehead atoms. The van der Waals surface area contributed by atoms with Crippen LogP contribution >= 0.6 is 0 Å². The van der Waals surface area contributed by atoms with Gasteiger partial charge in [0.2, 0.25) is 0 Å². The zero-order valence-electron chi connectivity index (χ0n) is 9.10. The Morgan fingerprint density at radius 1 is 1.38 bits per heavy atom. The monoisotopic (exact) mass is 226 g/mol. The van der Waals surface area contributed by atoms with E-state index in [4.69, 9.17) is 0 Å². The average molecular weight is 226 g/mol. The minimum atomic E-state index is -0.389. The highest BCUT2D eigenvalue weighted by molar-refractivity contribution is 5.18. The lowest BCUT2D eigenvalue weighted by atomic mass is 10.1. The number of hydrogen-bond acceptors (Lipinski definition) is 2. The quantitative estimate of drug-likeness (QED) is 0.821. The van der Waals surface area contributed by atoms with Gasteiger partial charge in [0.25, 0.3) is 0 Å². The van der Waals surface area contributed by atoms with Gasteiger partial charge in [-0.05, 0) is 37.6 Å². The van der Waals surface area contributed by atoms with Crippen LogP contribution in [0.15, 0.2) is 18.2 Å². The first-order valence-electron chi connectivity index (χ1n) is 5.64. The maximum atomic E-state index is 13.3. The third kappa shape index (κ3) is 3.00. The van der Waals surface area contributed by atoms with Crippen molar-refractivity contribution < 1.29 is 8.78 Å². The molecule has 1 aromatic rings. The maximum Gasteiger partial charge on any atom is 0.127 e. The second kappa shape index (κ2) is 5.37. The zero-order valence-corrected chi connectivity index (χ0v) is 9.10. The summed E-state index contributed by atoms with van der Waals surface area (Å²) in [5.41, 5.74) is 0.394. The van der Waals surface area contributed by atoms with Gasteiger partial charge in [0.1, 0.15) is 11.6 Å². The molecule has 2 rings (SSSR count). The third-order valence-corrected chi connectivity index (χ3v) is 2.89. The Morgan fingerprint density at radius 3 is 3.00 bits per heavy atom. The fourth-order valence-corrected chi connectivity index (χ4v) is 1.96. The molecule has 0 spiro atoms. The van der Waals surface area contributed by atoms with Gasteiger partial charge in [-0.2, -0.15) is 0 Å². The van der Waals surface area contributed by atoms with Gasteiger partial charge in [0, 0.05) is 24.7 Å². The van der Waals surface area contributed by atoms with Crippen molar-refractivity contribution in [2.75, 3.05) is 13.1 Å². The van der Waals surface area contributed by atoms with E-state index in [1.165, 1.54) is 12.1 Å². The summed E-state index contributed by atoms with van der Waals surface area (Å²) in [6, 6.07) is 3.92. The lowest BCUT2D eigenvalue weighted by molar-refractivity contribution is 0.386. The van der Waals surface area contributed by atoms with Crippen LogP contribution in [-0.2, 0) is 6.54 Å². The van der Waals surface area contributed by atoms with E-state index in [9.17, 15) is 8.78 Å². The maximum absolute atomic E-state index is 13.3. The van der Waals surface area contributed by atoms with Crippen molar-refractivity contribution in [3.05, 3.63) is 35.4 Å². The van der Waals surface area contributed by atoms with E-state index in [-0.39, 0.29) is 11.6 Å². The van der Waals surface area contributed by atoms with Gasteiger partial charge in [-0.1, -0.05) is 0 Å². The van der Waals surface area contributed by atoms with Crippen molar-refractivity contribution >= 4 is 0 Å².